The van der Waals surface area contributed by atoms with Crippen molar-refractivity contribution in [3.8, 4) is 0 Å². The van der Waals surface area contributed by atoms with E-state index in [4.69, 9.17) is 22.0 Å². The maximum Gasteiger partial charge on any atom is 0.276 e. The van der Waals surface area contributed by atoms with E-state index in [0.29, 0.717) is 26.2 Å². The van der Waals surface area contributed by atoms with Crippen molar-refractivity contribution in [1.29, 1.82) is 0 Å². The highest BCUT2D eigenvalue weighted by molar-refractivity contribution is 7.96. The van der Waals surface area contributed by atoms with Gasteiger partial charge in [-0.25, -0.2) is 0 Å². The standard InChI is InChI=1S/C3H8N2OS.C2H8N2.CH3NOS/c4-1-2-5-3(6)7;3-1-2-4;2-1(3)4/h1-2,4H2,(H2,5,6,7);1-4H2;(H3,2,3,4). The van der Waals surface area contributed by atoms with Crippen molar-refractivity contribution >= 4 is 35.7 Å². The molecule has 15 heavy (non-hydrogen) atoms. The molecule has 0 aromatic carbocycles. The summed E-state index contributed by atoms with van der Waals surface area (Å²) in [6.07, 6.45) is 0. The first kappa shape index (κ1) is 20.0. The Morgan fingerprint density at radius 3 is 1.40 bits per heavy atom. The van der Waals surface area contributed by atoms with Crippen LogP contribution in [0.1, 0.15) is 0 Å². The first-order valence-electron chi connectivity index (χ1n) is 3.97. The van der Waals surface area contributed by atoms with Gasteiger partial charge in [-0.1, -0.05) is 25.3 Å². The second-order valence-electron chi connectivity index (χ2n) is 1.94. The van der Waals surface area contributed by atoms with E-state index in [0.717, 1.165) is 0 Å². The highest BCUT2D eigenvalue weighted by atomic mass is 32.1. The van der Waals surface area contributed by atoms with Crippen LogP contribution in [0.15, 0.2) is 0 Å². The summed E-state index contributed by atoms with van der Waals surface area (Å²) in [5, 5.41) is 1.43. The normalized spacial score (nSPS) is 7.53. The number of carbonyl (C=O) groups is 2. The summed E-state index contributed by atoms with van der Waals surface area (Å²) in [5.74, 6) is 0. The summed E-state index contributed by atoms with van der Waals surface area (Å²) in [6, 6.07) is 0. The number of nitrogens with two attached hydrogens (primary N) is 4. The van der Waals surface area contributed by atoms with Gasteiger partial charge in [0.1, 0.15) is 0 Å². The molecule has 9 N–H and O–H groups in total. The van der Waals surface area contributed by atoms with Crippen LogP contribution in [-0.2, 0) is 0 Å². The monoisotopic (exact) mass is 257 g/mol. The van der Waals surface area contributed by atoms with Crippen LogP contribution < -0.4 is 28.3 Å². The number of carbonyl (C=O) groups excluding carboxylic acids is 2. The van der Waals surface area contributed by atoms with Gasteiger partial charge in [-0.2, -0.15) is 0 Å². The zero-order chi connectivity index (χ0) is 12.7. The molecule has 0 saturated heterocycles. The Morgan fingerprint density at radius 1 is 1.00 bits per heavy atom. The summed E-state index contributed by atoms with van der Waals surface area (Å²) >= 11 is 6.53. The van der Waals surface area contributed by atoms with Crippen molar-refractivity contribution in [2.45, 2.75) is 0 Å². The smallest absolute Gasteiger partial charge is 0.276 e. The van der Waals surface area contributed by atoms with Gasteiger partial charge in [-0.3, -0.25) is 9.59 Å². The van der Waals surface area contributed by atoms with Gasteiger partial charge in [-0.05, 0) is 0 Å². The zero-order valence-corrected chi connectivity index (χ0v) is 10.1. The molecule has 0 aliphatic heterocycles. The Bertz CT molecular complexity index is 152. The molecule has 92 valence electrons. The SMILES string of the molecule is NC(=O)S.NCCN.NCCNC(=O)S. The number of primary amides is 1. The van der Waals surface area contributed by atoms with Crippen LogP contribution in [-0.4, -0.2) is 36.7 Å². The molecule has 0 aromatic heterocycles. The Balaban J connectivity index is -0.000000155. The second-order valence-corrected chi connectivity index (χ2v) is 2.78. The van der Waals surface area contributed by atoms with Crippen LogP contribution in [0.3, 0.4) is 0 Å². The lowest BCUT2D eigenvalue weighted by atomic mass is 10.7. The maximum absolute atomic E-state index is 9.90. The lowest BCUT2D eigenvalue weighted by molar-refractivity contribution is 0.261. The van der Waals surface area contributed by atoms with Crippen molar-refractivity contribution in [1.82, 2.24) is 5.32 Å². The van der Waals surface area contributed by atoms with E-state index >= 15 is 0 Å². The number of thiol groups is 2. The molecular formula is C6H19N5O2S2. The first-order valence-corrected chi connectivity index (χ1v) is 4.87. The van der Waals surface area contributed by atoms with Crippen LogP contribution in [0.5, 0.6) is 0 Å². The minimum atomic E-state index is -0.639. The van der Waals surface area contributed by atoms with Gasteiger partial charge < -0.3 is 28.3 Å². The number of rotatable bonds is 3. The molecule has 2 amide bonds. The first-order chi connectivity index (χ1) is 6.92. The number of amides is 2. The number of nitrogens with one attached hydrogen (secondary N) is 1. The van der Waals surface area contributed by atoms with Crippen molar-refractivity contribution < 1.29 is 9.59 Å². The predicted molar refractivity (Wildman–Crippen MR) is 68.1 cm³/mol. The highest BCUT2D eigenvalue weighted by Gasteiger charge is 1.84. The molecule has 0 unspecified atom stereocenters. The molecule has 0 radical (unpaired) electrons. The lowest BCUT2D eigenvalue weighted by Gasteiger charge is -1.92. The van der Waals surface area contributed by atoms with E-state index in [-0.39, 0.29) is 5.24 Å². The van der Waals surface area contributed by atoms with E-state index in [1.165, 1.54) is 0 Å². The molecule has 7 nitrogen and oxygen atoms in total. The molecule has 0 spiro atoms. The van der Waals surface area contributed by atoms with Gasteiger partial charge in [0.25, 0.3) is 10.5 Å². The van der Waals surface area contributed by atoms with Crippen molar-refractivity contribution in [3.63, 3.8) is 0 Å². The number of hydrogen-bond donors (Lipinski definition) is 7. The largest absolute Gasteiger partial charge is 0.361 e. The van der Waals surface area contributed by atoms with E-state index < -0.39 is 5.24 Å². The quantitative estimate of drug-likeness (QED) is 0.306. The molecule has 0 aliphatic carbocycles. The van der Waals surface area contributed by atoms with Crippen LogP contribution in [0.2, 0.25) is 0 Å². The van der Waals surface area contributed by atoms with Gasteiger partial charge in [0.05, 0.1) is 0 Å². The molecule has 0 saturated carbocycles. The fourth-order valence-corrected chi connectivity index (χ4v) is 0.291. The summed E-state index contributed by atoms with van der Waals surface area (Å²) in [6.45, 7) is 2.16. The van der Waals surface area contributed by atoms with Crippen molar-refractivity contribution in [2.24, 2.45) is 22.9 Å². The molecule has 0 atom stereocenters. The van der Waals surface area contributed by atoms with E-state index in [1.807, 2.05) is 0 Å². The molecular weight excluding hydrogens is 238 g/mol. The third kappa shape index (κ3) is 87.8. The van der Waals surface area contributed by atoms with Crippen LogP contribution in [0.4, 0.5) is 9.59 Å². The minimum Gasteiger partial charge on any atom is -0.361 e. The Kier molecular flexibility index (Phi) is 25.5. The molecule has 0 fully saturated rings. The topological polar surface area (TPSA) is 150 Å². The highest BCUT2D eigenvalue weighted by Crippen LogP contribution is 1.70. The third-order valence-electron chi connectivity index (χ3n) is 0.587. The molecule has 0 bridgehead atoms. The Hall–Kier alpha value is -0.480. The predicted octanol–water partition coefficient (Wildman–Crippen LogP) is -1.52. The average molecular weight is 257 g/mol. The molecule has 0 aromatic rings. The average Bonchev–Trinajstić information content (AvgIpc) is 2.14. The molecule has 0 heterocycles. The van der Waals surface area contributed by atoms with E-state index in [9.17, 15) is 4.79 Å². The van der Waals surface area contributed by atoms with Gasteiger partial charge in [0, 0.05) is 26.2 Å². The zero-order valence-electron chi connectivity index (χ0n) is 8.35. The fraction of sp³-hybridized carbons (Fsp3) is 0.667. The third-order valence-corrected chi connectivity index (χ3v) is 0.745. The maximum atomic E-state index is 9.90. The molecule has 9 heteroatoms. The summed E-state index contributed by atoms with van der Waals surface area (Å²) in [4.78, 5) is 19.0. The van der Waals surface area contributed by atoms with E-state index in [2.05, 4.69) is 36.3 Å². The summed E-state index contributed by atoms with van der Waals surface area (Å²) < 4.78 is 0. The summed E-state index contributed by atoms with van der Waals surface area (Å²) in [7, 11) is 0. The van der Waals surface area contributed by atoms with Gasteiger partial charge >= 0.3 is 0 Å². The minimum absolute atomic E-state index is 0.328. The van der Waals surface area contributed by atoms with E-state index in [1.54, 1.807) is 0 Å². The molecule has 0 rings (SSSR count). The van der Waals surface area contributed by atoms with Gasteiger partial charge in [0.2, 0.25) is 0 Å². The molecule has 0 aliphatic rings. The Labute approximate surface area is 100 Å². The van der Waals surface area contributed by atoms with Crippen LogP contribution >= 0.6 is 25.3 Å². The van der Waals surface area contributed by atoms with Crippen molar-refractivity contribution in [2.75, 3.05) is 26.2 Å². The lowest BCUT2D eigenvalue weighted by Crippen LogP contribution is -2.24. The van der Waals surface area contributed by atoms with Gasteiger partial charge in [-0.15, -0.1) is 0 Å². The number of hydrogen-bond acceptors (Lipinski definition) is 5. The fourth-order valence-electron chi connectivity index (χ4n) is 0.179. The van der Waals surface area contributed by atoms with Crippen molar-refractivity contribution in [3.05, 3.63) is 0 Å². The van der Waals surface area contributed by atoms with Crippen LogP contribution in [0, 0.1) is 0 Å². The summed E-state index contributed by atoms with van der Waals surface area (Å²) in [5.41, 5.74) is 19.2. The Morgan fingerprint density at radius 2 is 1.33 bits per heavy atom. The second kappa shape index (κ2) is 19.1. The van der Waals surface area contributed by atoms with Gasteiger partial charge in [0.15, 0.2) is 0 Å². The van der Waals surface area contributed by atoms with Crippen LogP contribution in [0.25, 0.3) is 0 Å².